The summed E-state index contributed by atoms with van der Waals surface area (Å²) in [5, 5.41) is 9.08. The van der Waals surface area contributed by atoms with Gasteiger partial charge in [0.15, 0.2) is 5.96 Å². The van der Waals surface area contributed by atoms with Crippen LogP contribution in [0, 0.1) is 0 Å². The van der Waals surface area contributed by atoms with E-state index in [1.165, 1.54) is 0 Å². The summed E-state index contributed by atoms with van der Waals surface area (Å²) < 4.78 is 10.3. The molecule has 0 aliphatic carbocycles. The number of methoxy groups -OCH3 is 1. The van der Waals surface area contributed by atoms with Crippen LogP contribution in [0.1, 0.15) is 22.3 Å². The third kappa shape index (κ3) is 10.3. The van der Waals surface area contributed by atoms with E-state index in [0.29, 0.717) is 31.9 Å². The van der Waals surface area contributed by atoms with E-state index in [1.807, 2.05) is 18.2 Å². The van der Waals surface area contributed by atoms with E-state index in [2.05, 4.69) is 20.9 Å². The molecular weight excluding hydrogens is 435 g/mol. The van der Waals surface area contributed by atoms with Gasteiger partial charge in [0.05, 0.1) is 13.2 Å². The second-order valence-electron chi connectivity index (χ2n) is 5.09. The van der Waals surface area contributed by atoms with E-state index in [9.17, 15) is 4.79 Å². The van der Waals surface area contributed by atoms with Crippen LogP contribution < -0.4 is 16.0 Å². The van der Waals surface area contributed by atoms with Crippen molar-refractivity contribution < 1.29 is 14.3 Å². The molecule has 0 atom stereocenters. The van der Waals surface area contributed by atoms with Crippen LogP contribution in [0.3, 0.4) is 0 Å². The number of amides is 1. The minimum atomic E-state index is -0.0900. The lowest BCUT2D eigenvalue weighted by molar-refractivity contribution is 0.0698. The molecule has 0 aromatic heterocycles. The molecule has 1 rings (SSSR count). The average Bonchev–Trinajstić information content (AvgIpc) is 2.63. The molecule has 0 saturated carbocycles. The normalized spacial score (nSPS) is 10.8. The fourth-order valence-electron chi connectivity index (χ4n) is 2.00. The Balaban J connectivity index is 0.00000576. The van der Waals surface area contributed by atoms with Gasteiger partial charge < -0.3 is 25.4 Å². The zero-order valence-corrected chi connectivity index (χ0v) is 17.5. The van der Waals surface area contributed by atoms with Gasteiger partial charge in [-0.15, -0.1) is 24.0 Å². The number of nitrogens with zero attached hydrogens (tertiary/aromatic N) is 1. The van der Waals surface area contributed by atoms with Crippen molar-refractivity contribution in [3.63, 3.8) is 0 Å². The number of carbonyl (C=O) groups excluding carboxylic acids is 1. The zero-order valence-electron chi connectivity index (χ0n) is 15.1. The van der Waals surface area contributed by atoms with Gasteiger partial charge in [0.2, 0.25) is 0 Å². The quantitative estimate of drug-likeness (QED) is 0.211. The monoisotopic (exact) mass is 464 g/mol. The van der Waals surface area contributed by atoms with Crippen molar-refractivity contribution >= 4 is 35.8 Å². The Bertz CT molecular complexity index is 526. The van der Waals surface area contributed by atoms with Crippen molar-refractivity contribution in [3.8, 4) is 0 Å². The van der Waals surface area contributed by atoms with Crippen LogP contribution >= 0.6 is 24.0 Å². The number of nitrogens with one attached hydrogen (secondary N) is 3. The first kappa shape index (κ1) is 23.6. The van der Waals surface area contributed by atoms with E-state index in [0.717, 1.165) is 24.5 Å². The lowest BCUT2D eigenvalue weighted by atomic mass is 10.1. The number of carbonyl (C=O) groups is 1. The van der Waals surface area contributed by atoms with Gasteiger partial charge in [-0.1, -0.05) is 12.1 Å². The van der Waals surface area contributed by atoms with Gasteiger partial charge in [0.25, 0.3) is 5.91 Å². The lowest BCUT2D eigenvalue weighted by Gasteiger charge is -2.12. The molecule has 8 heteroatoms. The first-order valence-corrected chi connectivity index (χ1v) is 8.03. The summed E-state index contributed by atoms with van der Waals surface area (Å²) in [7, 11) is 5.01. The largest absolute Gasteiger partial charge is 0.382 e. The summed E-state index contributed by atoms with van der Waals surface area (Å²) >= 11 is 0. The molecule has 0 unspecified atom stereocenters. The Labute approximate surface area is 167 Å². The molecule has 0 radical (unpaired) electrons. The minimum Gasteiger partial charge on any atom is -0.382 e. The number of aliphatic imine (C=N–C) groups is 1. The summed E-state index contributed by atoms with van der Waals surface area (Å²) in [5.41, 5.74) is 1.66. The van der Waals surface area contributed by atoms with Gasteiger partial charge in [-0.2, -0.15) is 0 Å². The van der Waals surface area contributed by atoms with Crippen molar-refractivity contribution in [3.05, 3.63) is 35.4 Å². The molecule has 1 amide bonds. The zero-order chi connectivity index (χ0) is 17.6. The van der Waals surface area contributed by atoms with Crippen LogP contribution in [0.15, 0.2) is 29.3 Å². The van der Waals surface area contributed by atoms with Crippen LogP contribution in [0.4, 0.5) is 0 Å². The summed E-state index contributed by atoms with van der Waals surface area (Å²) in [5.74, 6) is 0.630. The highest BCUT2D eigenvalue weighted by molar-refractivity contribution is 14.0. The lowest BCUT2D eigenvalue weighted by Crippen LogP contribution is -2.37. The molecule has 0 aliphatic heterocycles. The van der Waals surface area contributed by atoms with Gasteiger partial charge in [0.1, 0.15) is 0 Å². The van der Waals surface area contributed by atoms with E-state index in [-0.39, 0.29) is 29.9 Å². The predicted molar refractivity (Wildman–Crippen MR) is 111 cm³/mol. The highest BCUT2D eigenvalue weighted by Crippen LogP contribution is 2.05. The van der Waals surface area contributed by atoms with Gasteiger partial charge in [-0.3, -0.25) is 9.79 Å². The fourth-order valence-corrected chi connectivity index (χ4v) is 2.00. The standard InChI is InChI=1S/C17H28N4O3.HI/c1-18-16(22)15-7-4-6-14(12-15)13-21-17(19-2)20-8-5-9-24-11-10-23-3;/h4,6-7,12H,5,8-11,13H2,1-3H3,(H,18,22)(H2,19,20,21);1H. The van der Waals surface area contributed by atoms with Gasteiger partial charge in [-0.05, 0) is 24.1 Å². The molecule has 0 aliphatic rings. The van der Waals surface area contributed by atoms with Crippen LogP contribution in [0.2, 0.25) is 0 Å². The van der Waals surface area contributed by atoms with Crippen LogP contribution in [0.5, 0.6) is 0 Å². The molecule has 7 nitrogen and oxygen atoms in total. The van der Waals surface area contributed by atoms with Gasteiger partial charge in [0, 0.05) is 46.5 Å². The Kier molecular flexibility index (Phi) is 14.1. The number of rotatable bonds is 10. The number of hydrogen-bond acceptors (Lipinski definition) is 4. The minimum absolute atomic E-state index is 0. The number of guanidine groups is 1. The van der Waals surface area contributed by atoms with Crippen molar-refractivity contribution in [1.29, 1.82) is 0 Å². The molecule has 0 spiro atoms. The molecule has 0 saturated heterocycles. The maximum absolute atomic E-state index is 11.6. The molecule has 0 bridgehead atoms. The smallest absolute Gasteiger partial charge is 0.251 e. The molecule has 1 aromatic carbocycles. The Morgan fingerprint density at radius 2 is 2.00 bits per heavy atom. The third-order valence-corrected chi connectivity index (χ3v) is 3.29. The molecule has 3 N–H and O–H groups in total. The second-order valence-corrected chi connectivity index (χ2v) is 5.09. The van der Waals surface area contributed by atoms with E-state index in [4.69, 9.17) is 9.47 Å². The van der Waals surface area contributed by atoms with E-state index in [1.54, 1.807) is 27.3 Å². The molecule has 1 aromatic rings. The number of hydrogen-bond donors (Lipinski definition) is 3. The first-order chi connectivity index (χ1) is 11.7. The summed E-state index contributed by atoms with van der Waals surface area (Å²) in [4.78, 5) is 15.8. The van der Waals surface area contributed by atoms with Crippen molar-refractivity contribution in [1.82, 2.24) is 16.0 Å². The maximum Gasteiger partial charge on any atom is 0.251 e. The average molecular weight is 464 g/mol. The van der Waals surface area contributed by atoms with Crippen LogP contribution in [0.25, 0.3) is 0 Å². The van der Waals surface area contributed by atoms with Gasteiger partial charge in [-0.25, -0.2) is 0 Å². The second kappa shape index (κ2) is 14.9. The third-order valence-electron chi connectivity index (χ3n) is 3.29. The van der Waals surface area contributed by atoms with Crippen LogP contribution in [-0.2, 0) is 16.0 Å². The number of halogens is 1. The summed E-state index contributed by atoms with van der Waals surface area (Å²) in [6, 6.07) is 7.49. The van der Waals surface area contributed by atoms with Crippen molar-refractivity contribution in [2.45, 2.75) is 13.0 Å². The number of benzene rings is 1. The molecule has 142 valence electrons. The summed E-state index contributed by atoms with van der Waals surface area (Å²) in [6.45, 7) is 3.28. The van der Waals surface area contributed by atoms with Gasteiger partial charge >= 0.3 is 0 Å². The molecule has 0 fully saturated rings. The molecular formula is C17H29IN4O3. The SMILES string of the molecule is CN=C(NCCCOCCOC)NCc1cccc(C(=O)NC)c1.I. The Morgan fingerprint density at radius 3 is 2.68 bits per heavy atom. The summed E-state index contributed by atoms with van der Waals surface area (Å²) in [6.07, 6.45) is 0.885. The van der Waals surface area contributed by atoms with E-state index < -0.39 is 0 Å². The van der Waals surface area contributed by atoms with Crippen LogP contribution in [-0.4, -0.2) is 59.4 Å². The van der Waals surface area contributed by atoms with Crippen molar-refractivity contribution in [2.75, 3.05) is 47.6 Å². The predicted octanol–water partition coefficient (Wildman–Crippen LogP) is 1.38. The number of ether oxygens (including phenoxy) is 2. The van der Waals surface area contributed by atoms with Crippen molar-refractivity contribution in [2.24, 2.45) is 4.99 Å². The first-order valence-electron chi connectivity index (χ1n) is 8.03. The highest BCUT2D eigenvalue weighted by Gasteiger charge is 2.04. The fraction of sp³-hybridized carbons (Fsp3) is 0.529. The highest BCUT2D eigenvalue weighted by atomic mass is 127. The maximum atomic E-state index is 11.6. The molecule has 25 heavy (non-hydrogen) atoms. The Hall–Kier alpha value is -1.39. The Morgan fingerprint density at radius 1 is 1.20 bits per heavy atom. The van der Waals surface area contributed by atoms with E-state index >= 15 is 0 Å². The topological polar surface area (TPSA) is 84.0 Å². The molecule has 0 heterocycles.